The number of fused-ring (bicyclic) bond motifs is 5. The lowest BCUT2D eigenvalue weighted by atomic mass is 9.87. The van der Waals surface area contributed by atoms with Crippen molar-refractivity contribution in [1.29, 1.82) is 0 Å². The van der Waals surface area contributed by atoms with Crippen molar-refractivity contribution in [3.05, 3.63) is 70.1 Å². The summed E-state index contributed by atoms with van der Waals surface area (Å²) in [6.45, 7) is 3.03. The van der Waals surface area contributed by atoms with Gasteiger partial charge in [-0.1, -0.05) is 30.2 Å². The third-order valence-corrected chi connectivity index (χ3v) is 6.78. The number of hydrogen-bond acceptors (Lipinski definition) is 1. The Balaban J connectivity index is 1.72. The van der Waals surface area contributed by atoms with E-state index in [1.165, 1.54) is 53.6 Å². The Labute approximate surface area is 170 Å². The summed E-state index contributed by atoms with van der Waals surface area (Å²) in [7, 11) is 2.25. The van der Waals surface area contributed by atoms with E-state index in [1.807, 2.05) is 18.2 Å². The van der Waals surface area contributed by atoms with Crippen molar-refractivity contribution in [2.45, 2.75) is 44.7 Å². The second-order valence-electron chi connectivity index (χ2n) is 8.23. The van der Waals surface area contributed by atoms with E-state index in [1.54, 1.807) is 0 Å². The molecule has 1 aliphatic carbocycles. The normalized spacial score (nSPS) is 22.5. The number of benzene rings is 2. The van der Waals surface area contributed by atoms with Crippen molar-refractivity contribution in [2.75, 3.05) is 7.05 Å². The lowest BCUT2D eigenvalue weighted by Crippen LogP contribution is -2.38. The van der Waals surface area contributed by atoms with Crippen LogP contribution >= 0.6 is 11.6 Å². The first kappa shape index (κ1) is 18.0. The molecular formula is C24H24ClFN2. The predicted molar refractivity (Wildman–Crippen MR) is 115 cm³/mol. The molecule has 5 rings (SSSR count). The van der Waals surface area contributed by atoms with Gasteiger partial charge in [-0.3, -0.25) is 4.90 Å². The highest BCUT2D eigenvalue weighted by Gasteiger charge is 2.39. The third-order valence-electron chi connectivity index (χ3n) is 6.55. The Kier molecular flexibility index (Phi) is 4.33. The highest BCUT2D eigenvalue weighted by molar-refractivity contribution is 6.31. The summed E-state index contributed by atoms with van der Waals surface area (Å²) in [5.41, 5.74) is 6.21. The van der Waals surface area contributed by atoms with Crippen LogP contribution in [0.1, 0.15) is 48.9 Å². The summed E-state index contributed by atoms with van der Waals surface area (Å²) >= 11 is 6.39. The Hall–Kier alpha value is -2.10. The molecule has 1 fully saturated rings. The molecule has 3 aromatic rings. The summed E-state index contributed by atoms with van der Waals surface area (Å²) in [5, 5.41) is 2.08. The number of likely N-dealkylation sites (N-methyl/N-ethyl adjacent to an activating group) is 1. The van der Waals surface area contributed by atoms with Crippen LogP contribution < -0.4 is 0 Å². The van der Waals surface area contributed by atoms with Gasteiger partial charge in [0.05, 0.1) is 5.52 Å². The van der Waals surface area contributed by atoms with Gasteiger partial charge in [-0.25, -0.2) is 4.39 Å². The minimum atomic E-state index is -0.205. The van der Waals surface area contributed by atoms with Crippen LogP contribution in [0.25, 0.3) is 22.7 Å². The number of rotatable bonds is 2. The fourth-order valence-electron chi connectivity index (χ4n) is 5.23. The molecular weight excluding hydrogens is 371 g/mol. The van der Waals surface area contributed by atoms with Crippen molar-refractivity contribution in [3.63, 3.8) is 0 Å². The number of nitrogens with zero attached hydrogens (tertiary/aromatic N) is 2. The van der Waals surface area contributed by atoms with Gasteiger partial charge in [0.15, 0.2) is 0 Å². The maximum absolute atomic E-state index is 13.3. The van der Waals surface area contributed by atoms with Crippen molar-refractivity contribution in [1.82, 2.24) is 9.47 Å². The highest BCUT2D eigenvalue weighted by atomic mass is 35.5. The lowest BCUT2D eigenvalue weighted by Gasteiger charge is -2.35. The number of allylic oxidation sites excluding steroid dienone is 1. The van der Waals surface area contributed by atoms with Gasteiger partial charge in [0.1, 0.15) is 5.82 Å². The van der Waals surface area contributed by atoms with E-state index >= 15 is 0 Å². The summed E-state index contributed by atoms with van der Waals surface area (Å²) in [6, 6.07) is 13.6. The minimum Gasteiger partial charge on any atom is -0.318 e. The minimum absolute atomic E-state index is 0.205. The predicted octanol–water partition coefficient (Wildman–Crippen LogP) is 6.53. The zero-order chi connectivity index (χ0) is 19.4. The number of aromatic nitrogens is 1. The molecule has 0 spiro atoms. The Morgan fingerprint density at radius 3 is 2.71 bits per heavy atom. The van der Waals surface area contributed by atoms with Crippen LogP contribution in [0.4, 0.5) is 4.39 Å². The molecule has 1 aliphatic heterocycles. The molecule has 0 saturated heterocycles. The molecule has 2 atom stereocenters. The van der Waals surface area contributed by atoms with E-state index in [-0.39, 0.29) is 5.82 Å². The van der Waals surface area contributed by atoms with E-state index in [9.17, 15) is 4.39 Å². The molecule has 4 heteroatoms. The first-order valence-corrected chi connectivity index (χ1v) is 10.4. The lowest BCUT2D eigenvalue weighted by molar-refractivity contribution is 0.198. The molecule has 2 heterocycles. The molecule has 0 bridgehead atoms. The van der Waals surface area contributed by atoms with Crippen molar-refractivity contribution in [3.8, 4) is 0 Å². The summed E-state index contributed by atoms with van der Waals surface area (Å²) < 4.78 is 15.7. The molecule has 2 nitrogen and oxygen atoms in total. The zero-order valence-corrected chi connectivity index (χ0v) is 17.0. The fourth-order valence-corrected chi connectivity index (χ4v) is 5.40. The molecule has 1 saturated carbocycles. The smallest absolute Gasteiger partial charge is 0.123 e. The van der Waals surface area contributed by atoms with Crippen LogP contribution in [0, 0.1) is 5.82 Å². The van der Waals surface area contributed by atoms with E-state index in [2.05, 4.69) is 41.8 Å². The molecule has 2 aliphatic rings. The Morgan fingerprint density at radius 1 is 1.14 bits per heavy atom. The topological polar surface area (TPSA) is 8.17 Å². The van der Waals surface area contributed by atoms with Crippen molar-refractivity contribution < 1.29 is 4.39 Å². The molecule has 28 heavy (non-hydrogen) atoms. The van der Waals surface area contributed by atoms with Crippen LogP contribution in [0.2, 0.25) is 5.02 Å². The second kappa shape index (κ2) is 6.75. The zero-order valence-electron chi connectivity index (χ0n) is 16.3. The monoisotopic (exact) mass is 394 g/mol. The molecule has 1 aromatic heterocycles. The fraction of sp³-hybridized carbons (Fsp3) is 0.333. The van der Waals surface area contributed by atoms with Gasteiger partial charge in [0, 0.05) is 40.8 Å². The largest absolute Gasteiger partial charge is 0.318 e. The molecule has 144 valence electrons. The standard InChI is InChI=1S/C24H24ClFN2/c1-15(16-6-9-18(26)10-7-16)13-28-22-11-8-17(25)12-20(22)24-19-4-3-5-21(19)27(2)14-23(24)28/h6-13,19,21H,3-5,14H2,1-2H3. The molecule has 0 amide bonds. The van der Waals surface area contributed by atoms with Gasteiger partial charge >= 0.3 is 0 Å². The summed E-state index contributed by atoms with van der Waals surface area (Å²) in [4.78, 5) is 2.51. The van der Waals surface area contributed by atoms with Crippen LogP contribution in [0.3, 0.4) is 0 Å². The average molecular weight is 395 g/mol. The maximum atomic E-state index is 13.3. The van der Waals surface area contributed by atoms with Gasteiger partial charge < -0.3 is 4.57 Å². The summed E-state index contributed by atoms with van der Waals surface area (Å²) in [5.74, 6) is 0.374. The molecule has 2 unspecified atom stereocenters. The summed E-state index contributed by atoms with van der Waals surface area (Å²) in [6.07, 6.45) is 6.01. The molecule has 0 radical (unpaired) electrons. The highest BCUT2D eigenvalue weighted by Crippen LogP contribution is 2.47. The van der Waals surface area contributed by atoms with Gasteiger partial charge in [-0.15, -0.1) is 0 Å². The first-order valence-electron chi connectivity index (χ1n) is 10.00. The number of hydrogen-bond donors (Lipinski definition) is 0. The van der Waals surface area contributed by atoms with Gasteiger partial charge in [-0.05, 0) is 73.8 Å². The van der Waals surface area contributed by atoms with Gasteiger partial charge in [0.25, 0.3) is 0 Å². The van der Waals surface area contributed by atoms with Crippen LogP contribution in [-0.4, -0.2) is 22.6 Å². The average Bonchev–Trinajstić information content (AvgIpc) is 3.26. The molecule has 2 aromatic carbocycles. The van der Waals surface area contributed by atoms with Crippen LogP contribution in [0.5, 0.6) is 0 Å². The van der Waals surface area contributed by atoms with Gasteiger partial charge in [0.2, 0.25) is 0 Å². The third kappa shape index (κ3) is 2.80. The van der Waals surface area contributed by atoms with Gasteiger partial charge in [-0.2, -0.15) is 0 Å². The van der Waals surface area contributed by atoms with Crippen molar-refractivity contribution in [2.24, 2.45) is 0 Å². The number of halogens is 2. The Bertz CT molecular complexity index is 1080. The van der Waals surface area contributed by atoms with E-state index in [4.69, 9.17) is 11.6 Å². The van der Waals surface area contributed by atoms with Crippen LogP contribution in [-0.2, 0) is 6.54 Å². The van der Waals surface area contributed by atoms with Crippen LogP contribution in [0.15, 0.2) is 42.5 Å². The second-order valence-corrected chi connectivity index (χ2v) is 8.67. The van der Waals surface area contributed by atoms with E-state index < -0.39 is 0 Å². The van der Waals surface area contributed by atoms with E-state index in [0.717, 1.165) is 22.7 Å². The quantitative estimate of drug-likeness (QED) is 0.479. The molecule has 0 N–H and O–H groups in total. The van der Waals surface area contributed by atoms with E-state index in [0.29, 0.717) is 12.0 Å². The maximum Gasteiger partial charge on any atom is 0.123 e. The SMILES string of the molecule is CC(=Cn1c2c(c3cc(Cl)ccc31)C1CCCC1N(C)C2)c1ccc(F)cc1. The van der Waals surface area contributed by atoms with Crippen molar-refractivity contribution >= 4 is 34.3 Å². The Morgan fingerprint density at radius 2 is 1.93 bits per heavy atom. The first-order chi connectivity index (χ1) is 13.5.